The van der Waals surface area contributed by atoms with Gasteiger partial charge in [0.25, 0.3) is 0 Å². The van der Waals surface area contributed by atoms with Crippen molar-refractivity contribution in [3.63, 3.8) is 0 Å². The molecular weight excluding hydrogens is 412 g/mol. The van der Waals surface area contributed by atoms with Crippen LogP contribution in [0.2, 0.25) is 0 Å². The Hall–Kier alpha value is -2.67. The molecule has 4 rings (SSSR count). The van der Waals surface area contributed by atoms with Gasteiger partial charge in [0.15, 0.2) is 0 Å². The summed E-state index contributed by atoms with van der Waals surface area (Å²) in [5, 5.41) is 6.47. The average molecular weight is 451 g/mol. The fraction of sp³-hybridized carbons (Fsp3) is 0.577. The highest BCUT2D eigenvalue weighted by atomic mass is 16.1. The number of amides is 1. The molecule has 3 heterocycles. The van der Waals surface area contributed by atoms with E-state index in [1.54, 1.807) is 6.33 Å². The van der Waals surface area contributed by atoms with Crippen LogP contribution in [0, 0.1) is 5.92 Å². The van der Waals surface area contributed by atoms with Gasteiger partial charge in [-0.3, -0.25) is 9.69 Å². The fourth-order valence-electron chi connectivity index (χ4n) is 4.84. The van der Waals surface area contributed by atoms with E-state index in [0.717, 1.165) is 89.6 Å². The van der Waals surface area contributed by atoms with E-state index in [9.17, 15) is 4.79 Å². The molecule has 0 spiro atoms. The standard InChI is InChI=1S/C26H38N6O/c1-2-12-27-24-18-25(30-20-29-24)32-15-9-21(10-16-32)7-8-26(33)28-13-17-31-14-11-22-5-3-4-6-23(22)19-31/h3-6,18,20-21H,2,7-17,19H2,1H3,(H,28,33)(H,27,29,30). The number of nitrogens with zero attached hydrogens (tertiary/aromatic N) is 4. The summed E-state index contributed by atoms with van der Waals surface area (Å²) in [6.45, 7) is 8.79. The van der Waals surface area contributed by atoms with Gasteiger partial charge in [0.2, 0.25) is 5.91 Å². The van der Waals surface area contributed by atoms with Crippen LogP contribution >= 0.6 is 0 Å². The summed E-state index contributed by atoms with van der Waals surface area (Å²) in [6.07, 6.45) is 7.66. The Morgan fingerprint density at radius 1 is 1.09 bits per heavy atom. The number of carbonyl (C=O) groups excluding carboxylic acids is 1. The van der Waals surface area contributed by atoms with Gasteiger partial charge in [-0.15, -0.1) is 0 Å². The van der Waals surface area contributed by atoms with Gasteiger partial charge in [-0.2, -0.15) is 0 Å². The molecule has 0 radical (unpaired) electrons. The third kappa shape index (κ3) is 6.90. The van der Waals surface area contributed by atoms with E-state index in [0.29, 0.717) is 12.3 Å². The third-order valence-corrected chi connectivity index (χ3v) is 6.89. The maximum Gasteiger partial charge on any atom is 0.220 e. The van der Waals surface area contributed by atoms with Crippen LogP contribution in [-0.4, -0.2) is 60.0 Å². The Kier molecular flexibility index (Phi) is 8.53. The van der Waals surface area contributed by atoms with E-state index >= 15 is 0 Å². The van der Waals surface area contributed by atoms with Crippen molar-refractivity contribution in [3.8, 4) is 0 Å². The normalized spacial score (nSPS) is 16.9. The second-order valence-corrected chi connectivity index (χ2v) is 9.30. The number of carbonyl (C=O) groups is 1. The summed E-state index contributed by atoms with van der Waals surface area (Å²) in [5.41, 5.74) is 2.90. The van der Waals surface area contributed by atoms with Crippen molar-refractivity contribution < 1.29 is 4.79 Å². The van der Waals surface area contributed by atoms with Crippen LogP contribution in [-0.2, 0) is 17.8 Å². The first kappa shape index (κ1) is 23.5. The highest BCUT2D eigenvalue weighted by Crippen LogP contribution is 2.25. The van der Waals surface area contributed by atoms with Gasteiger partial charge in [-0.05, 0) is 49.1 Å². The van der Waals surface area contributed by atoms with E-state index in [4.69, 9.17) is 0 Å². The molecule has 1 aromatic carbocycles. The lowest BCUT2D eigenvalue weighted by Gasteiger charge is -2.32. The Morgan fingerprint density at radius 3 is 2.73 bits per heavy atom. The van der Waals surface area contributed by atoms with Crippen LogP contribution in [0.25, 0.3) is 0 Å². The summed E-state index contributed by atoms with van der Waals surface area (Å²) < 4.78 is 0. The first-order valence-corrected chi connectivity index (χ1v) is 12.6. The smallest absolute Gasteiger partial charge is 0.220 e. The van der Waals surface area contributed by atoms with Gasteiger partial charge in [0.1, 0.15) is 18.0 Å². The predicted octanol–water partition coefficient (Wildman–Crippen LogP) is 3.47. The van der Waals surface area contributed by atoms with Crippen molar-refractivity contribution in [2.45, 2.75) is 52.0 Å². The summed E-state index contributed by atoms with van der Waals surface area (Å²) in [5.74, 6) is 2.71. The van der Waals surface area contributed by atoms with E-state index in [1.807, 2.05) is 6.07 Å². The number of fused-ring (bicyclic) bond motifs is 1. The first-order chi connectivity index (χ1) is 16.2. The number of piperidine rings is 1. The number of hydrogen-bond donors (Lipinski definition) is 2. The van der Waals surface area contributed by atoms with Gasteiger partial charge >= 0.3 is 0 Å². The molecule has 7 nitrogen and oxygen atoms in total. The summed E-state index contributed by atoms with van der Waals surface area (Å²) in [6, 6.07) is 10.7. The Balaban J connectivity index is 1.11. The highest BCUT2D eigenvalue weighted by molar-refractivity contribution is 5.75. The van der Waals surface area contributed by atoms with Crippen molar-refractivity contribution in [1.82, 2.24) is 20.2 Å². The maximum absolute atomic E-state index is 12.4. The predicted molar refractivity (Wildman–Crippen MR) is 133 cm³/mol. The van der Waals surface area contributed by atoms with Crippen molar-refractivity contribution in [3.05, 3.63) is 47.8 Å². The summed E-state index contributed by atoms with van der Waals surface area (Å²) in [7, 11) is 0. The van der Waals surface area contributed by atoms with Gasteiger partial charge in [0, 0.05) is 58.3 Å². The molecule has 2 N–H and O–H groups in total. The lowest BCUT2D eigenvalue weighted by atomic mass is 9.92. The Morgan fingerprint density at radius 2 is 1.91 bits per heavy atom. The molecule has 7 heteroatoms. The van der Waals surface area contributed by atoms with Crippen LogP contribution in [0.5, 0.6) is 0 Å². The first-order valence-electron chi connectivity index (χ1n) is 12.6. The summed E-state index contributed by atoms with van der Waals surface area (Å²) >= 11 is 0. The molecule has 2 aliphatic heterocycles. The van der Waals surface area contributed by atoms with Gasteiger partial charge in [0.05, 0.1) is 0 Å². The zero-order chi connectivity index (χ0) is 22.9. The number of rotatable bonds is 10. The van der Waals surface area contributed by atoms with Gasteiger partial charge in [-0.25, -0.2) is 9.97 Å². The average Bonchev–Trinajstić information content (AvgIpc) is 2.86. The van der Waals surface area contributed by atoms with E-state index in [1.165, 1.54) is 11.1 Å². The molecule has 33 heavy (non-hydrogen) atoms. The van der Waals surface area contributed by atoms with Crippen LogP contribution in [0.1, 0.15) is 50.2 Å². The third-order valence-electron chi connectivity index (χ3n) is 6.89. The molecule has 2 aromatic rings. The van der Waals surface area contributed by atoms with Crippen molar-refractivity contribution >= 4 is 17.5 Å². The molecule has 1 saturated heterocycles. The number of benzene rings is 1. The SMILES string of the molecule is CCCNc1cc(N2CCC(CCC(=O)NCCN3CCc4ccccc4C3)CC2)ncn1. The molecular formula is C26H38N6O. The van der Waals surface area contributed by atoms with E-state index in [2.05, 4.69) is 61.6 Å². The second kappa shape index (κ2) is 12.0. The minimum absolute atomic E-state index is 0.192. The molecule has 0 saturated carbocycles. The lowest BCUT2D eigenvalue weighted by molar-refractivity contribution is -0.121. The van der Waals surface area contributed by atoms with Crippen molar-refractivity contribution in [2.75, 3.05) is 49.5 Å². The number of nitrogens with one attached hydrogen (secondary N) is 2. The fourth-order valence-corrected chi connectivity index (χ4v) is 4.84. The molecule has 1 fully saturated rings. The molecule has 0 bridgehead atoms. The van der Waals surface area contributed by atoms with Gasteiger partial charge in [-0.1, -0.05) is 31.2 Å². The number of hydrogen-bond acceptors (Lipinski definition) is 6. The molecule has 0 atom stereocenters. The topological polar surface area (TPSA) is 73.4 Å². The quantitative estimate of drug-likeness (QED) is 0.577. The van der Waals surface area contributed by atoms with E-state index in [-0.39, 0.29) is 5.91 Å². The minimum atomic E-state index is 0.192. The molecule has 0 aliphatic carbocycles. The number of anilines is 2. The maximum atomic E-state index is 12.4. The number of aromatic nitrogens is 2. The highest BCUT2D eigenvalue weighted by Gasteiger charge is 2.21. The van der Waals surface area contributed by atoms with Crippen molar-refractivity contribution in [1.29, 1.82) is 0 Å². The molecule has 178 valence electrons. The minimum Gasteiger partial charge on any atom is -0.370 e. The van der Waals surface area contributed by atoms with Crippen LogP contribution in [0.15, 0.2) is 36.7 Å². The monoisotopic (exact) mass is 450 g/mol. The largest absolute Gasteiger partial charge is 0.370 e. The second-order valence-electron chi connectivity index (χ2n) is 9.30. The van der Waals surface area contributed by atoms with Crippen LogP contribution < -0.4 is 15.5 Å². The lowest BCUT2D eigenvalue weighted by Crippen LogP contribution is -2.38. The Labute approximate surface area is 198 Å². The summed E-state index contributed by atoms with van der Waals surface area (Å²) in [4.78, 5) is 25.9. The zero-order valence-corrected chi connectivity index (χ0v) is 19.9. The van der Waals surface area contributed by atoms with Crippen LogP contribution in [0.3, 0.4) is 0 Å². The zero-order valence-electron chi connectivity index (χ0n) is 19.9. The molecule has 1 aromatic heterocycles. The van der Waals surface area contributed by atoms with Crippen LogP contribution in [0.4, 0.5) is 11.6 Å². The molecule has 0 unspecified atom stereocenters. The van der Waals surface area contributed by atoms with Crippen molar-refractivity contribution in [2.24, 2.45) is 5.92 Å². The molecule has 1 amide bonds. The molecule has 2 aliphatic rings. The van der Waals surface area contributed by atoms with Gasteiger partial charge < -0.3 is 15.5 Å². The Bertz CT molecular complexity index is 896. The van der Waals surface area contributed by atoms with E-state index < -0.39 is 0 Å².